The molecule has 1 fully saturated rings. The minimum absolute atomic E-state index is 0.129. The number of hydrogen-bond acceptors (Lipinski definition) is 4. The Kier molecular flexibility index (Phi) is 5.29. The highest BCUT2D eigenvalue weighted by Gasteiger charge is 2.24. The Bertz CT molecular complexity index is 595. The van der Waals surface area contributed by atoms with Crippen LogP contribution in [0.1, 0.15) is 46.1 Å². The Morgan fingerprint density at radius 3 is 2.78 bits per heavy atom. The Hall–Kier alpha value is -2.04. The number of carbonyl (C=O) groups is 1. The number of nitrogens with one attached hydrogen (secondary N) is 1. The Morgan fingerprint density at radius 1 is 1.48 bits per heavy atom. The van der Waals surface area contributed by atoms with Crippen LogP contribution in [0, 0.1) is 5.92 Å². The lowest BCUT2D eigenvalue weighted by atomic mass is 10.0. The third-order valence-corrected chi connectivity index (χ3v) is 4.61. The van der Waals surface area contributed by atoms with E-state index in [0.29, 0.717) is 18.0 Å². The molecule has 0 radical (unpaired) electrons. The molecule has 1 saturated heterocycles. The van der Waals surface area contributed by atoms with Crippen molar-refractivity contribution in [1.29, 1.82) is 0 Å². The van der Waals surface area contributed by atoms with Crippen molar-refractivity contribution in [3.63, 3.8) is 0 Å². The van der Waals surface area contributed by atoms with Crippen LogP contribution in [-0.4, -0.2) is 31.3 Å². The van der Waals surface area contributed by atoms with E-state index in [2.05, 4.69) is 37.9 Å². The molecular formula is C18H28N4O. The van der Waals surface area contributed by atoms with Gasteiger partial charge in [0, 0.05) is 30.6 Å². The van der Waals surface area contributed by atoms with Gasteiger partial charge in [0.05, 0.1) is 16.9 Å². The zero-order valence-corrected chi connectivity index (χ0v) is 14.6. The largest absolute Gasteiger partial charge is 0.398 e. The van der Waals surface area contributed by atoms with E-state index in [9.17, 15) is 4.79 Å². The number of nitrogens with zero attached hydrogens (tertiary/aromatic N) is 2. The summed E-state index contributed by atoms with van der Waals surface area (Å²) in [5.74, 6) is 0.636. The van der Waals surface area contributed by atoms with Crippen LogP contribution in [0.2, 0.25) is 0 Å². The van der Waals surface area contributed by atoms with Crippen molar-refractivity contribution < 1.29 is 4.79 Å². The lowest BCUT2D eigenvalue weighted by molar-refractivity contribution is -0.105. The zero-order valence-electron chi connectivity index (χ0n) is 14.6. The molecular weight excluding hydrogens is 288 g/mol. The molecule has 1 aromatic rings. The van der Waals surface area contributed by atoms with Gasteiger partial charge in [-0.3, -0.25) is 9.79 Å². The molecule has 5 heteroatoms. The molecule has 3 N–H and O–H groups in total. The monoisotopic (exact) mass is 316 g/mol. The van der Waals surface area contributed by atoms with Crippen molar-refractivity contribution in [3.8, 4) is 0 Å². The minimum Gasteiger partial charge on any atom is -0.398 e. The van der Waals surface area contributed by atoms with Crippen LogP contribution in [0.25, 0.3) is 0 Å². The van der Waals surface area contributed by atoms with Gasteiger partial charge in [0.2, 0.25) is 6.41 Å². The summed E-state index contributed by atoms with van der Waals surface area (Å²) in [6.45, 7) is 10.5. The molecule has 23 heavy (non-hydrogen) atoms. The second kappa shape index (κ2) is 7.02. The van der Waals surface area contributed by atoms with Crippen molar-refractivity contribution in [2.24, 2.45) is 10.9 Å². The van der Waals surface area contributed by atoms with Crippen LogP contribution in [0.4, 0.5) is 17.1 Å². The van der Waals surface area contributed by atoms with E-state index < -0.39 is 0 Å². The normalized spacial score (nSPS) is 18.6. The number of carbonyl (C=O) groups excluding carboxylic acids is 1. The number of hydrogen-bond donors (Lipinski definition) is 2. The first-order valence-corrected chi connectivity index (χ1v) is 8.30. The number of rotatable bonds is 6. The van der Waals surface area contributed by atoms with E-state index in [1.54, 1.807) is 0 Å². The molecule has 0 spiro atoms. The molecule has 126 valence electrons. The average Bonchev–Trinajstić information content (AvgIpc) is 2.94. The third kappa shape index (κ3) is 4.03. The van der Waals surface area contributed by atoms with Gasteiger partial charge in [0.15, 0.2) is 0 Å². The third-order valence-electron chi connectivity index (χ3n) is 4.61. The van der Waals surface area contributed by atoms with Crippen LogP contribution < -0.4 is 16.0 Å². The fourth-order valence-electron chi connectivity index (χ4n) is 2.75. The SMILES string of the molecule is CCC(C)(C)N=Cc1c(N)ccc(NC=O)c1N1CCC(C)C1. The molecule has 0 saturated carbocycles. The fourth-order valence-corrected chi connectivity index (χ4v) is 2.75. The first-order valence-electron chi connectivity index (χ1n) is 8.30. The van der Waals surface area contributed by atoms with E-state index >= 15 is 0 Å². The van der Waals surface area contributed by atoms with Gasteiger partial charge in [0.25, 0.3) is 0 Å². The number of aliphatic imine (C=N–C) groups is 1. The van der Waals surface area contributed by atoms with Crippen LogP contribution in [0.5, 0.6) is 0 Å². The van der Waals surface area contributed by atoms with Gasteiger partial charge in [-0.15, -0.1) is 0 Å². The Labute approximate surface area is 139 Å². The summed E-state index contributed by atoms with van der Waals surface area (Å²) in [5, 5.41) is 2.81. The second-order valence-corrected chi connectivity index (χ2v) is 6.99. The molecule has 1 aliphatic heterocycles. The van der Waals surface area contributed by atoms with Crippen molar-refractivity contribution in [2.75, 3.05) is 29.0 Å². The second-order valence-electron chi connectivity index (χ2n) is 6.99. The maximum Gasteiger partial charge on any atom is 0.211 e. The van der Waals surface area contributed by atoms with Crippen LogP contribution in [0.3, 0.4) is 0 Å². The number of nitrogen functional groups attached to an aromatic ring is 1. The lowest BCUT2D eigenvalue weighted by Crippen LogP contribution is -2.23. The molecule has 1 unspecified atom stereocenters. The predicted octanol–water partition coefficient (Wildman–Crippen LogP) is 3.29. The van der Waals surface area contributed by atoms with Crippen molar-refractivity contribution in [3.05, 3.63) is 17.7 Å². The highest BCUT2D eigenvalue weighted by atomic mass is 16.1. The summed E-state index contributed by atoms with van der Waals surface area (Å²) in [6, 6.07) is 3.69. The van der Waals surface area contributed by atoms with E-state index in [1.807, 2.05) is 18.3 Å². The number of amides is 1. The summed E-state index contributed by atoms with van der Waals surface area (Å²) < 4.78 is 0. The molecule has 1 amide bonds. The van der Waals surface area contributed by atoms with Gasteiger partial charge in [-0.2, -0.15) is 0 Å². The quantitative estimate of drug-likeness (QED) is 0.480. The lowest BCUT2D eigenvalue weighted by Gasteiger charge is -2.25. The molecule has 5 nitrogen and oxygen atoms in total. The van der Waals surface area contributed by atoms with Crippen molar-refractivity contribution in [1.82, 2.24) is 0 Å². The fraction of sp³-hybridized carbons (Fsp3) is 0.556. The summed E-state index contributed by atoms with van der Waals surface area (Å²) in [5.41, 5.74) is 9.45. The van der Waals surface area contributed by atoms with Gasteiger partial charge in [-0.25, -0.2) is 0 Å². The highest BCUT2D eigenvalue weighted by Crippen LogP contribution is 2.36. The molecule has 1 aliphatic rings. The summed E-state index contributed by atoms with van der Waals surface area (Å²) in [4.78, 5) is 18.0. The first-order chi connectivity index (χ1) is 10.9. The summed E-state index contributed by atoms with van der Waals surface area (Å²) in [7, 11) is 0. The van der Waals surface area contributed by atoms with Crippen molar-refractivity contribution >= 4 is 29.7 Å². The van der Waals surface area contributed by atoms with Gasteiger partial charge in [-0.05, 0) is 44.7 Å². The molecule has 0 bridgehead atoms. The summed E-state index contributed by atoms with van der Waals surface area (Å²) >= 11 is 0. The smallest absolute Gasteiger partial charge is 0.211 e. The number of anilines is 3. The minimum atomic E-state index is -0.129. The summed E-state index contributed by atoms with van der Waals surface area (Å²) in [6.07, 6.45) is 4.68. The van der Waals surface area contributed by atoms with Crippen LogP contribution >= 0.6 is 0 Å². The van der Waals surface area contributed by atoms with Crippen molar-refractivity contribution in [2.45, 2.75) is 46.1 Å². The Balaban J connectivity index is 2.50. The predicted molar refractivity (Wildman–Crippen MR) is 98.5 cm³/mol. The molecule has 0 aliphatic carbocycles. The molecule has 1 aromatic carbocycles. The Morgan fingerprint density at radius 2 is 2.22 bits per heavy atom. The van der Waals surface area contributed by atoms with E-state index in [1.165, 1.54) is 0 Å². The number of nitrogens with two attached hydrogens (primary N) is 1. The van der Waals surface area contributed by atoms with E-state index in [4.69, 9.17) is 10.7 Å². The topological polar surface area (TPSA) is 70.7 Å². The highest BCUT2D eigenvalue weighted by molar-refractivity contribution is 6.01. The van der Waals surface area contributed by atoms with Gasteiger partial charge in [0.1, 0.15) is 0 Å². The average molecular weight is 316 g/mol. The molecule has 1 heterocycles. The maximum atomic E-state index is 11.0. The first kappa shape index (κ1) is 17.3. The van der Waals surface area contributed by atoms with Gasteiger partial charge < -0.3 is 16.0 Å². The van der Waals surface area contributed by atoms with Gasteiger partial charge in [-0.1, -0.05) is 13.8 Å². The maximum absolute atomic E-state index is 11.0. The number of benzene rings is 1. The molecule has 2 rings (SSSR count). The zero-order chi connectivity index (χ0) is 17.0. The van der Waals surface area contributed by atoms with Gasteiger partial charge >= 0.3 is 0 Å². The molecule has 0 aromatic heterocycles. The molecule has 1 atom stereocenters. The van der Waals surface area contributed by atoms with E-state index in [-0.39, 0.29) is 5.54 Å². The van der Waals surface area contributed by atoms with E-state index in [0.717, 1.165) is 42.9 Å². The van der Waals surface area contributed by atoms with Crippen LogP contribution in [0.15, 0.2) is 17.1 Å². The standard InChI is InChI=1S/C18H28N4O/c1-5-18(3,4)21-10-14-15(19)6-7-16(20-12-23)17(14)22-9-8-13(2)11-22/h6-7,10,12-13H,5,8-9,11,19H2,1-4H3,(H,20,23). The van der Waals surface area contributed by atoms with Crippen LogP contribution in [-0.2, 0) is 4.79 Å².